The number of hydrogen-bond donors (Lipinski definition) is 1. The van der Waals surface area contributed by atoms with Gasteiger partial charge in [0.25, 0.3) is 5.91 Å². The van der Waals surface area contributed by atoms with Gasteiger partial charge in [-0.2, -0.15) is 0 Å². The van der Waals surface area contributed by atoms with Crippen LogP contribution in [-0.4, -0.2) is 30.7 Å². The molecule has 7 heteroatoms. The van der Waals surface area contributed by atoms with Crippen LogP contribution in [0.15, 0.2) is 42.5 Å². The zero-order chi connectivity index (χ0) is 19.4. The van der Waals surface area contributed by atoms with Gasteiger partial charge in [0.2, 0.25) is 0 Å². The van der Waals surface area contributed by atoms with E-state index in [1.807, 2.05) is 26.0 Å². The van der Waals surface area contributed by atoms with Crippen molar-refractivity contribution in [3.8, 4) is 11.5 Å². The quantitative estimate of drug-likeness (QED) is 0.764. The van der Waals surface area contributed by atoms with Crippen molar-refractivity contribution >= 4 is 29.2 Å². The number of halogens is 1. The minimum Gasteiger partial charge on any atom is -0.483 e. The maximum Gasteiger partial charge on any atom is 0.344 e. The summed E-state index contributed by atoms with van der Waals surface area (Å²) in [4.78, 5) is 23.7. The molecular formula is C20H20ClNO5. The van der Waals surface area contributed by atoms with Crippen molar-refractivity contribution in [3.05, 3.63) is 53.1 Å². The van der Waals surface area contributed by atoms with Crippen molar-refractivity contribution in [2.24, 2.45) is 0 Å². The third-order valence-corrected chi connectivity index (χ3v) is 4.11. The van der Waals surface area contributed by atoms with Crippen LogP contribution < -0.4 is 14.8 Å². The molecule has 0 spiro atoms. The topological polar surface area (TPSA) is 73.9 Å². The zero-order valence-corrected chi connectivity index (χ0v) is 15.8. The third kappa shape index (κ3) is 5.14. The van der Waals surface area contributed by atoms with Crippen LogP contribution >= 0.6 is 11.6 Å². The Morgan fingerprint density at radius 2 is 1.96 bits per heavy atom. The van der Waals surface area contributed by atoms with Crippen LogP contribution in [0.4, 0.5) is 5.69 Å². The van der Waals surface area contributed by atoms with E-state index in [2.05, 4.69) is 5.32 Å². The first-order valence-corrected chi connectivity index (χ1v) is 8.85. The summed E-state index contributed by atoms with van der Waals surface area (Å²) in [7, 11) is 0. The van der Waals surface area contributed by atoms with Crippen molar-refractivity contribution in [2.75, 3.05) is 18.5 Å². The molecule has 1 aliphatic rings. The molecule has 0 saturated heterocycles. The molecule has 1 aliphatic heterocycles. The number of esters is 1. The Morgan fingerprint density at radius 3 is 2.74 bits per heavy atom. The van der Waals surface area contributed by atoms with E-state index >= 15 is 0 Å². The molecule has 3 rings (SSSR count). The summed E-state index contributed by atoms with van der Waals surface area (Å²) in [6, 6.07) is 12.2. The fourth-order valence-corrected chi connectivity index (χ4v) is 2.98. The number of anilines is 1. The summed E-state index contributed by atoms with van der Waals surface area (Å²) in [5, 5.41) is 3.09. The van der Waals surface area contributed by atoms with Gasteiger partial charge in [-0.25, -0.2) is 4.79 Å². The highest BCUT2D eigenvalue weighted by Gasteiger charge is 2.32. The molecule has 1 amide bonds. The van der Waals surface area contributed by atoms with E-state index in [-0.39, 0.29) is 12.2 Å². The summed E-state index contributed by atoms with van der Waals surface area (Å²) < 4.78 is 16.3. The van der Waals surface area contributed by atoms with Gasteiger partial charge in [-0.1, -0.05) is 29.8 Å². The van der Waals surface area contributed by atoms with E-state index in [0.717, 1.165) is 12.0 Å². The van der Waals surface area contributed by atoms with Crippen LogP contribution in [-0.2, 0) is 20.7 Å². The molecule has 0 fully saturated rings. The summed E-state index contributed by atoms with van der Waals surface area (Å²) in [5.41, 5.74) is 1.26. The van der Waals surface area contributed by atoms with E-state index in [9.17, 15) is 9.59 Å². The summed E-state index contributed by atoms with van der Waals surface area (Å²) >= 11 is 5.85. The van der Waals surface area contributed by atoms with Crippen LogP contribution in [0.1, 0.15) is 19.4 Å². The number of amides is 1. The number of para-hydroxylation sites is 1. The molecule has 0 aliphatic carbocycles. The van der Waals surface area contributed by atoms with Gasteiger partial charge in [-0.3, -0.25) is 4.79 Å². The second-order valence-corrected chi connectivity index (χ2v) is 7.23. The number of nitrogens with one attached hydrogen (secondary N) is 1. The third-order valence-electron chi connectivity index (χ3n) is 3.87. The van der Waals surface area contributed by atoms with Gasteiger partial charge in [-0.05, 0) is 38.1 Å². The Balaban J connectivity index is 1.47. The molecule has 0 saturated carbocycles. The molecule has 0 atom stereocenters. The lowest BCUT2D eigenvalue weighted by atomic mass is 10.0. The second-order valence-electron chi connectivity index (χ2n) is 6.79. The maximum atomic E-state index is 11.9. The van der Waals surface area contributed by atoms with Crippen LogP contribution in [0.3, 0.4) is 0 Å². The van der Waals surface area contributed by atoms with Crippen LogP contribution in [0.5, 0.6) is 11.5 Å². The van der Waals surface area contributed by atoms with Gasteiger partial charge in [0.1, 0.15) is 5.60 Å². The number of carbonyl (C=O) groups is 2. The van der Waals surface area contributed by atoms with E-state index in [0.29, 0.717) is 22.2 Å². The fourth-order valence-electron chi connectivity index (χ4n) is 2.79. The standard InChI is InChI=1S/C20H20ClNO5/c1-20(2)10-13-5-3-8-16(19(13)27-20)25-12-18(24)26-11-17(23)22-15-7-4-6-14(21)9-15/h3-9H,10-12H2,1-2H3,(H,22,23). The molecule has 142 valence electrons. The molecular weight excluding hydrogens is 370 g/mol. The van der Waals surface area contributed by atoms with Gasteiger partial charge in [0, 0.05) is 22.7 Å². The number of rotatable bonds is 6. The molecule has 1 N–H and O–H groups in total. The average Bonchev–Trinajstić information content (AvgIpc) is 2.92. The summed E-state index contributed by atoms with van der Waals surface area (Å²) in [5.74, 6) is 0.0230. The van der Waals surface area contributed by atoms with Gasteiger partial charge in [-0.15, -0.1) is 0 Å². The van der Waals surface area contributed by atoms with Crippen molar-refractivity contribution in [1.82, 2.24) is 0 Å². The van der Waals surface area contributed by atoms with E-state index in [1.54, 1.807) is 30.3 Å². The number of hydrogen-bond acceptors (Lipinski definition) is 5. The number of benzene rings is 2. The lowest BCUT2D eigenvalue weighted by Gasteiger charge is -2.18. The first-order valence-electron chi connectivity index (χ1n) is 8.47. The molecule has 2 aromatic carbocycles. The predicted molar refractivity (Wildman–Crippen MR) is 101 cm³/mol. The monoisotopic (exact) mass is 389 g/mol. The highest BCUT2D eigenvalue weighted by Crippen LogP contribution is 2.41. The minimum atomic E-state index is -0.647. The smallest absolute Gasteiger partial charge is 0.344 e. The summed E-state index contributed by atoms with van der Waals surface area (Å²) in [6.07, 6.45) is 0.771. The maximum absolute atomic E-state index is 11.9. The molecule has 0 aromatic heterocycles. The van der Waals surface area contributed by atoms with Gasteiger partial charge in [0.05, 0.1) is 0 Å². The molecule has 0 radical (unpaired) electrons. The SMILES string of the molecule is CC1(C)Cc2cccc(OCC(=O)OCC(=O)Nc3cccc(Cl)c3)c2O1. The highest BCUT2D eigenvalue weighted by molar-refractivity contribution is 6.30. The van der Waals surface area contributed by atoms with Gasteiger partial charge < -0.3 is 19.5 Å². The Labute approximate surface area is 162 Å². The molecule has 27 heavy (non-hydrogen) atoms. The van der Waals surface area contributed by atoms with Crippen molar-refractivity contribution in [3.63, 3.8) is 0 Å². The van der Waals surface area contributed by atoms with E-state index < -0.39 is 18.5 Å². The van der Waals surface area contributed by atoms with Crippen LogP contribution in [0, 0.1) is 0 Å². The van der Waals surface area contributed by atoms with Crippen molar-refractivity contribution < 1.29 is 23.8 Å². The largest absolute Gasteiger partial charge is 0.483 e. The second kappa shape index (κ2) is 7.88. The lowest BCUT2D eigenvalue weighted by molar-refractivity contribution is -0.149. The molecule has 1 heterocycles. The van der Waals surface area contributed by atoms with Gasteiger partial charge in [0.15, 0.2) is 24.7 Å². The van der Waals surface area contributed by atoms with Gasteiger partial charge >= 0.3 is 5.97 Å². The molecule has 6 nitrogen and oxygen atoms in total. The predicted octanol–water partition coefficient (Wildman–Crippen LogP) is 3.61. The first kappa shape index (κ1) is 19.0. The Morgan fingerprint density at radius 1 is 1.19 bits per heavy atom. The average molecular weight is 390 g/mol. The molecule has 0 bridgehead atoms. The normalized spacial score (nSPS) is 14.0. The van der Waals surface area contributed by atoms with E-state index in [1.165, 1.54) is 0 Å². The summed E-state index contributed by atoms with van der Waals surface area (Å²) in [6.45, 7) is 3.25. The van der Waals surface area contributed by atoms with Crippen molar-refractivity contribution in [1.29, 1.82) is 0 Å². The fraction of sp³-hybridized carbons (Fsp3) is 0.300. The molecule has 0 unspecified atom stereocenters. The van der Waals surface area contributed by atoms with Crippen molar-refractivity contribution in [2.45, 2.75) is 25.9 Å². The van der Waals surface area contributed by atoms with Crippen LogP contribution in [0.2, 0.25) is 5.02 Å². The minimum absolute atomic E-state index is 0.305. The Bertz CT molecular complexity index is 865. The number of ether oxygens (including phenoxy) is 3. The highest BCUT2D eigenvalue weighted by atomic mass is 35.5. The number of fused-ring (bicyclic) bond motifs is 1. The van der Waals surface area contributed by atoms with E-state index in [4.69, 9.17) is 25.8 Å². The first-order chi connectivity index (χ1) is 12.8. The molecule has 2 aromatic rings. The van der Waals surface area contributed by atoms with Crippen LogP contribution in [0.25, 0.3) is 0 Å². The lowest BCUT2D eigenvalue weighted by Crippen LogP contribution is -2.25. The Kier molecular flexibility index (Phi) is 5.56. The zero-order valence-electron chi connectivity index (χ0n) is 15.1. The number of carbonyl (C=O) groups excluding carboxylic acids is 2. The Hall–Kier alpha value is -2.73.